The molecule has 0 saturated heterocycles. The van der Waals surface area contributed by atoms with Crippen molar-refractivity contribution in [1.82, 2.24) is 0 Å². The molecule has 0 aliphatic carbocycles. The van der Waals surface area contributed by atoms with Gasteiger partial charge in [0.25, 0.3) is 0 Å². The van der Waals surface area contributed by atoms with Gasteiger partial charge in [0.2, 0.25) is 0 Å². The minimum absolute atomic E-state index is 0.0476. The van der Waals surface area contributed by atoms with E-state index in [-0.39, 0.29) is 27.9 Å². The van der Waals surface area contributed by atoms with Gasteiger partial charge in [-0.05, 0) is 35.2 Å². The predicted molar refractivity (Wildman–Crippen MR) is 97.7 cm³/mol. The second kappa shape index (κ2) is 7.03. The lowest BCUT2D eigenvalue weighted by atomic mass is 9.93. The number of carbonyl (C=O) groups is 3. The number of carboxylic acids is 2. The fraction of sp³-hybridized carbons (Fsp3) is 0. The lowest BCUT2D eigenvalue weighted by molar-refractivity contribution is 0.0695. The molecular formula is C21H14O5. The molecular weight excluding hydrogens is 332 g/mol. The molecule has 3 aromatic carbocycles. The highest BCUT2D eigenvalue weighted by Gasteiger charge is 2.19. The molecule has 0 unspecified atom stereocenters. The normalized spacial score (nSPS) is 10.9. The zero-order valence-corrected chi connectivity index (χ0v) is 13.5. The highest BCUT2D eigenvalue weighted by atomic mass is 16.4. The second-order valence-electron chi connectivity index (χ2n) is 5.61. The average Bonchev–Trinajstić information content (AvgIpc) is 2.65. The van der Waals surface area contributed by atoms with E-state index in [1.165, 1.54) is 30.3 Å². The largest absolute Gasteiger partial charge is 0.478 e. The minimum atomic E-state index is -1.25. The van der Waals surface area contributed by atoms with E-state index in [0.29, 0.717) is 5.39 Å². The fourth-order valence-electron chi connectivity index (χ4n) is 2.80. The molecule has 0 heterocycles. The molecule has 5 nitrogen and oxygen atoms in total. The van der Waals surface area contributed by atoms with Crippen molar-refractivity contribution in [2.75, 3.05) is 0 Å². The number of benzene rings is 3. The van der Waals surface area contributed by atoms with Crippen LogP contribution in [0.1, 0.15) is 36.6 Å². The summed E-state index contributed by atoms with van der Waals surface area (Å²) < 4.78 is 0. The van der Waals surface area contributed by atoms with Gasteiger partial charge >= 0.3 is 11.9 Å². The van der Waals surface area contributed by atoms with E-state index in [1.54, 1.807) is 12.1 Å². The van der Waals surface area contributed by atoms with Crippen LogP contribution in [-0.2, 0) is 0 Å². The van der Waals surface area contributed by atoms with Crippen molar-refractivity contribution in [2.24, 2.45) is 0 Å². The Kier molecular flexibility index (Phi) is 4.62. The van der Waals surface area contributed by atoms with Crippen molar-refractivity contribution in [1.29, 1.82) is 0 Å². The third-order valence-electron chi connectivity index (χ3n) is 3.99. The Labute approximate surface area is 148 Å². The van der Waals surface area contributed by atoms with Gasteiger partial charge < -0.3 is 10.2 Å². The van der Waals surface area contributed by atoms with E-state index in [1.807, 2.05) is 30.3 Å². The van der Waals surface area contributed by atoms with Gasteiger partial charge in [-0.2, -0.15) is 0 Å². The summed E-state index contributed by atoms with van der Waals surface area (Å²) in [5, 5.41) is 19.1. The van der Waals surface area contributed by atoms with E-state index >= 15 is 0 Å². The van der Waals surface area contributed by atoms with Gasteiger partial charge in [-0.3, -0.25) is 4.79 Å². The predicted octanol–water partition coefficient (Wildman–Crippen LogP) is 4.13. The molecule has 0 saturated carbocycles. The van der Waals surface area contributed by atoms with Gasteiger partial charge in [0.15, 0.2) is 5.78 Å². The van der Waals surface area contributed by atoms with Gasteiger partial charge in [0.1, 0.15) is 0 Å². The summed E-state index contributed by atoms with van der Waals surface area (Å²) in [4.78, 5) is 35.6. The monoisotopic (exact) mass is 346 g/mol. The van der Waals surface area contributed by atoms with Crippen molar-refractivity contribution in [3.63, 3.8) is 0 Å². The van der Waals surface area contributed by atoms with Crippen LogP contribution in [0.25, 0.3) is 16.8 Å². The Bertz CT molecular complexity index is 1030. The standard InChI is InChI=1S/C21H14O5/c22-18(12-9-13-5-2-1-3-6-13)14-10-11-17(21(25)26)19-15(14)7-4-8-16(19)20(23)24/h1-12H,(H,23,24)(H,25,26)/b12-9+. The summed E-state index contributed by atoms with van der Waals surface area (Å²) in [7, 11) is 0. The number of hydrogen-bond acceptors (Lipinski definition) is 3. The van der Waals surface area contributed by atoms with Crippen molar-refractivity contribution in [3.05, 3.63) is 89.0 Å². The topological polar surface area (TPSA) is 91.7 Å². The zero-order chi connectivity index (χ0) is 18.7. The highest BCUT2D eigenvalue weighted by Crippen LogP contribution is 2.27. The number of allylic oxidation sites excluding steroid dienone is 1. The minimum Gasteiger partial charge on any atom is -0.478 e. The summed E-state index contributed by atoms with van der Waals surface area (Å²) in [5.41, 5.74) is 0.794. The fourth-order valence-corrected chi connectivity index (χ4v) is 2.80. The number of ketones is 1. The maximum absolute atomic E-state index is 12.6. The first-order valence-corrected chi connectivity index (χ1v) is 7.79. The van der Waals surface area contributed by atoms with Gasteiger partial charge in [-0.1, -0.05) is 48.5 Å². The lowest BCUT2D eigenvalue weighted by Crippen LogP contribution is -2.07. The molecule has 128 valence electrons. The second-order valence-corrected chi connectivity index (χ2v) is 5.61. The van der Waals surface area contributed by atoms with Gasteiger partial charge in [0.05, 0.1) is 11.1 Å². The summed E-state index contributed by atoms with van der Waals surface area (Å²) in [6.45, 7) is 0. The van der Waals surface area contributed by atoms with Crippen LogP contribution in [0.15, 0.2) is 66.7 Å². The van der Waals surface area contributed by atoms with Crippen LogP contribution in [0.3, 0.4) is 0 Å². The van der Waals surface area contributed by atoms with Crippen LogP contribution in [0.4, 0.5) is 0 Å². The molecule has 0 fully saturated rings. The molecule has 0 aromatic heterocycles. The Morgan fingerprint density at radius 1 is 0.692 bits per heavy atom. The van der Waals surface area contributed by atoms with Crippen molar-refractivity contribution in [2.45, 2.75) is 0 Å². The maximum atomic E-state index is 12.6. The van der Waals surface area contributed by atoms with Crippen LogP contribution in [0.2, 0.25) is 0 Å². The molecule has 0 spiro atoms. The average molecular weight is 346 g/mol. The molecule has 3 rings (SSSR count). The number of rotatable bonds is 5. The Morgan fingerprint density at radius 3 is 1.96 bits per heavy atom. The smallest absolute Gasteiger partial charge is 0.336 e. The van der Waals surface area contributed by atoms with E-state index in [4.69, 9.17) is 0 Å². The van der Waals surface area contributed by atoms with Gasteiger partial charge in [-0.25, -0.2) is 9.59 Å². The van der Waals surface area contributed by atoms with Crippen molar-refractivity contribution >= 4 is 34.6 Å². The molecule has 0 aliphatic heterocycles. The Balaban J connectivity index is 2.16. The van der Waals surface area contributed by atoms with E-state index < -0.39 is 11.9 Å². The van der Waals surface area contributed by atoms with Crippen LogP contribution in [0.5, 0.6) is 0 Å². The number of hydrogen-bond donors (Lipinski definition) is 2. The van der Waals surface area contributed by atoms with Crippen molar-refractivity contribution in [3.8, 4) is 0 Å². The summed E-state index contributed by atoms with van der Waals surface area (Å²) >= 11 is 0. The molecule has 0 aliphatic rings. The third kappa shape index (κ3) is 3.23. The SMILES string of the molecule is O=C(/C=C/c1ccccc1)c1ccc(C(=O)O)c2c(C(=O)O)cccc12. The molecule has 0 bridgehead atoms. The number of fused-ring (bicyclic) bond motifs is 1. The van der Waals surface area contributed by atoms with Crippen LogP contribution < -0.4 is 0 Å². The van der Waals surface area contributed by atoms with Crippen LogP contribution in [-0.4, -0.2) is 27.9 Å². The summed E-state index contributed by atoms with van der Waals surface area (Å²) in [6.07, 6.45) is 3.04. The van der Waals surface area contributed by atoms with E-state index in [9.17, 15) is 24.6 Å². The number of carboxylic acid groups (broad SMARTS) is 2. The van der Waals surface area contributed by atoms with Gasteiger partial charge in [-0.15, -0.1) is 0 Å². The summed E-state index contributed by atoms with van der Waals surface area (Å²) in [6, 6.07) is 16.3. The van der Waals surface area contributed by atoms with E-state index in [2.05, 4.69) is 0 Å². The number of carbonyl (C=O) groups excluding carboxylic acids is 1. The molecule has 2 N–H and O–H groups in total. The first-order valence-electron chi connectivity index (χ1n) is 7.79. The highest BCUT2D eigenvalue weighted by molar-refractivity contribution is 6.21. The Hall–Kier alpha value is -3.73. The molecule has 0 radical (unpaired) electrons. The van der Waals surface area contributed by atoms with Gasteiger partial charge in [0, 0.05) is 10.9 Å². The summed E-state index contributed by atoms with van der Waals surface area (Å²) in [5.74, 6) is -2.83. The lowest BCUT2D eigenvalue weighted by Gasteiger charge is -2.09. The third-order valence-corrected chi connectivity index (χ3v) is 3.99. The number of aromatic carboxylic acids is 2. The first kappa shape index (κ1) is 17.1. The first-order chi connectivity index (χ1) is 12.5. The maximum Gasteiger partial charge on any atom is 0.336 e. The molecule has 26 heavy (non-hydrogen) atoms. The molecule has 0 amide bonds. The van der Waals surface area contributed by atoms with Crippen molar-refractivity contribution < 1.29 is 24.6 Å². The molecule has 5 heteroatoms. The van der Waals surface area contributed by atoms with Crippen LogP contribution >= 0.6 is 0 Å². The Morgan fingerprint density at radius 2 is 1.31 bits per heavy atom. The quantitative estimate of drug-likeness (QED) is 0.535. The van der Waals surface area contributed by atoms with Crippen LogP contribution in [0, 0.1) is 0 Å². The zero-order valence-electron chi connectivity index (χ0n) is 13.5. The molecule has 0 atom stereocenters. The molecule has 3 aromatic rings. The van der Waals surface area contributed by atoms with E-state index in [0.717, 1.165) is 5.56 Å².